The molecule has 3 atom stereocenters. The van der Waals surface area contributed by atoms with Crippen LogP contribution in [0, 0.1) is 11.7 Å². The van der Waals surface area contributed by atoms with Gasteiger partial charge in [0, 0.05) is 0 Å². The summed E-state index contributed by atoms with van der Waals surface area (Å²) >= 11 is 0. The van der Waals surface area contributed by atoms with Gasteiger partial charge in [0.1, 0.15) is 17.5 Å². The molecule has 2 aliphatic heterocycles. The normalized spacial score (nSPS) is 22.4. The smallest absolute Gasteiger partial charge is 0.266 e. The molecule has 3 aromatic rings. The highest BCUT2D eigenvalue weighted by molar-refractivity contribution is 6.23. The largest absolute Gasteiger partial charge is 0.494 e. The second-order valence-corrected chi connectivity index (χ2v) is 7.65. The number of fused-ring (bicyclic) bond motifs is 1. The fourth-order valence-electron chi connectivity index (χ4n) is 4.32. The van der Waals surface area contributed by atoms with E-state index in [4.69, 9.17) is 9.57 Å². The summed E-state index contributed by atoms with van der Waals surface area (Å²) in [5.41, 5.74) is 1.87. The quantitative estimate of drug-likeness (QED) is 0.564. The average molecular weight is 432 g/mol. The summed E-state index contributed by atoms with van der Waals surface area (Å²) in [6, 6.07) is 21.4. The Morgan fingerprint density at radius 3 is 2.22 bits per heavy atom. The van der Waals surface area contributed by atoms with Crippen LogP contribution in [0.5, 0.6) is 5.75 Å². The molecule has 2 saturated heterocycles. The Kier molecular flexibility index (Phi) is 5.11. The highest BCUT2D eigenvalue weighted by Crippen LogP contribution is 2.47. The van der Waals surface area contributed by atoms with Crippen molar-refractivity contribution in [1.82, 2.24) is 0 Å². The summed E-state index contributed by atoms with van der Waals surface area (Å²) in [4.78, 5) is 34.0. The summed E-state index contributed by atoms with van der Waals surface area (Å²) in [5, 5.41) is 1.59. The van der Waals surface area contributed by atoms with Crippen molar-refractivity contribution in [3.8, 4) is 5.75 Å². The number of carbonyl (C=O) groups is 2. The van der Waals surface area contributed by atoms with Crippen LogP contribution in [0.25, 0.3) is 0 Å². The van der Waals surface area contributed by atoms with Crippen molar-refractivity contribution in [3.63, 3.8) is 0 Å². The Balaban J connectivity index is 1.53. The maximum absolute atomic E-state index is 13.6. The van der Waals surface area contributed by atoms with E-state index in [9.17, 15) is 14.0 Å². The van der Waals surface area contributed by atoms with E-state index in [0.717, 1.165) is 0 Å². The number of hydrogen-bond acceptors (Lipinski definition) is 5. The van der Waals surface area contributed by atoms with Crippen molar-refractivity contribution in [2.75, 3.05) is 16.6 Å². The van der Waals surface area contributed by atoms with Crippen LogP contribution in [-0.4, -0.2) is 24.5 Å². The molecule has 0 N–H and O–H groups in total. The molecule has 32 heavy (non-hydrogen) atoms. The van der Waals surface area contributed by atoms with Gasteiger partial charge in [-0.1, -0.05) is 30.3 Å². The van der Waals surface area contributed by atoms with Crippen molar-refractivity contribution in [2.45, 2.75) is 19.1 Å². The summed E-state index contributed by atoms with van der Waals surface area (Å²) < 4.78 is 19.0. The van der Waals surface area contributed by atoms with Gasteiger partial charge in [-0.15, -0.1) is 0 Å². The lowest BCUT2D eigenvalue weighted by molar-refractivity contribution is -0.126. The van der Waals surface area contributed by atoms with Gasteiger partial charge in [0.15, 0.2) is 6.10 Å². The Bertz CT molecular complexity index is 1130. The zero-order valence-corrected chi connectivity index (χ0v) is 17.4. The van der Waals surface area contributed by atoms with E-state index >= 15 is 0 Å². The number of imide groups is 1. The fraction of sp³-hybridized carbons (Fsp3) is 0.200. The minimum atomic E-state index is -0.968. The lowest BCUT2D eigenvalue weighted by Gasteiger charge is -2.28. The van der Waals surface area contributed by atoms with Crippen molar-refractivity contribution < 1.29 is 23.6 Å². The van der Waals surface area contributed by atoms with Gasteiger partial charge in [-0.3, -0.25) is 14.4 Å². The van der Waals surface area contributed by atoms with Crippen LogP contribution in [0.3, 0.4) is 0 Å². The minimum absolute atomic E-state index is 0.350. The number of halogens is 1. The molecule has 3 aromatic carbocycles. The van der Waals surface area contributed by atoms with Crippen molar-refractivity contribution in [2.24, 2.45) is 5.92 Å². The van der Waals surface area contributed by atoms with Crippen LogP contribution >= 0.6 is 0 Å². The zero-order chi connectivity index (χ0) is 22.2. The molecule has 5 rings (SSSR count). The number of anilines is 2. The van der Waals surface area contributed by atoms with E-state index in [0.29, 0.717) is 29.3 Å². The van der Waals surface area contributed by atoms with Crippen LogP contribution in [0.1, 0.15) is 18.5 Å². The third-order valence-electron chi connectivity index (χ3n) is 5.74. The summed E-state index contributed by atoms with van der Waals surface area (Å²) in [5.74, 6) is -1.25. The monoisotopic (exact) mass is 432 g/mol. The first-order chi connectivity index (χ1) is 15.6. The molecule has 7 heteroatoms. The number of amides is 2. The molecular formula is C25H21FN2O4. The molecule has 2 heterocycles. The molecule has 2 amide bonds. The van der Waals surface area contributed by atoms with Gasteiger partial charge < -0.3 is 4.74 Å². The standard InChI is InChI=1S/C25H21FN2O4/c1-2-31-20-14-12-18(13-15-20)27-24(29)21-22(16-8-10-17(26)11-9-16)28(32-23(21)25(27)30)19-6-4-3-5-7-19/h3-15,21-23H,2H2,1H3/t21-,22+,23+/m0/s1. The van der Waals surface area contributed by atoms with Crippen LogP contribution in [0.15, 0.2) is 78.9 Å². The average Bonchev–Trinajstić information content (AvgIpc) is 3.32. The van der Waals surface area contributed by atoms with Crippen LogP contribution in [0.4, 0.5) is 15.8 Å². The van der Waals surface area contributed by atoms with E-state index in [1.807, 2.05) is 37.3 Å². The molecule has 0 radical (unpaired) electrons. The molecular weight excluding hydrogens is 411 g/mol. The maximum Gasteiger partial charge on any atom is 0.266 e. The minimum Gasteiger partial charge on any atom is -0.494 e. The summed E-state index contributed by atoms with van der Waals surface area (Å²) in [7, 11) is 0. The van der Waals surface area contributed by atoms with Crippen molar-refractivity contribution in [1.29, 1.82) is 0 Å². The number of para-hydroxylation sites is 1. The second-order valence-electron chi connectivity index (χ2n) is 7.65. The number of rotatable bonds is 5. The maximum atomic E-state index is 13.6. The fourth-order valence-corrected chi connectivity index (χ4v) is 4.32. The third-order valence-corrected chi connectivity index (χ3v) is 5.74. The SMILES string of the molecule is CCOc1ccc(N2C(=O)[C@H]3[C@@H](c4ccc(F)cc4)N(c4ccccc4)O[C@H]3C2=O)cc1. The van der Waals surface area contributed by atoms with E-state index in [1.165, 1.54) is 17.0 Å². The Morgan fingerprint density at radius 1 is 0.875 bits per heavy atom. The van der Waals surface area contributed by atoms with E-state index in [1.54, 1.807) is 41.5 Å². The molecule has 6 nitrogen and oxygen atoms in total. The number of carbonyl (C=O) groups excluding carboxylic acids is 2. The van der Waals surface area contributed by atoms with Gasteiger partial charge in [0.05, 0.1) is 24.0 Å². The van der Waals surface area contributed by atoms with Gasteiger partial charge in [0.25, 0.3) is 5.91 Å². The number of hydroxylamine groups is 1. The second kappa shape index (κ2) is 8.09. The third kappa shape index (κ3) is 3.31. The van der Waals surface area contributed by atoms with E-state index < -0.39 is 24.0 Å². The van der Waals surface area contributed by atoms with Gasteiger partial charge in [-0.2, -0.15) is 0 Å². The topological polar surface area (TPSA) is 59.1 Å². The first kappa shape index (κ1) is 20.2. The first-order valence-corrected chi connectivity index (χ1v) is 10.5. The van der Waals surface area contributed by atoms with E-state index in [2.05, 4.69) is 0 Å². The van der Waals surface area contributed by atoms with Crippen molar-refractivity contribution in [3.05, 3.63) is 90.2 Å². The summed E-state index contributed by atoms with van der Waals surface area (Å²) in [6.07, 6.45) is -0.968. The number of ether oxygens (including phenoxy) is 1. The highest BCUT2D eigenvalue weighted by Gasteiger charge is 2.60. The van der Waals surface area contributed by atoms with E-state index in [-0.39, 0.29) is 11.7 Å². The molecule has 0 aliphatic carbocycles. The van der Waals surface area contributed by atoms with Gasteiger partial charge >= 0.3 is 0 Å². The number of benzene rings is 3. The molecule has 162 valence electrons. The zero-order valence-electron chi connectivity index (χ0n) is 17.4. The lowest BCUT2D eigenvalue weighted by Crippen LogP contribution is -2.37. The molecule has 2 aliphatic rings. The molecule has 0 bridgehead atoms. The molecule has 0 saturated carbocycles. The van der Waals surface area contributed by atoms with Gasteiger partial charge in [0.2, 0.25) is 5.91 Å². The van der Waals surface area contributed by atoms with Crippen molar-refractivity contribution >= 4 is 23.2 Å². The molecule has 2 fully saturated rings. The number of nitrogens with zero attached hydrogens (tertiary/aromatic N) is 2. The Hall–Kier alpha value is -3.71. The molecule has 0 spiro atoms. The van der Waals surface area contributed by atoms with Crippen LogP contribution < -0.4 is 14.7 Å². The summed E-state index contributed by atoms with van der Waals surface area (Å²) in [6.45, 7) is 2.40. The van der Waals surface area contributed by atoms with Crippen LogP contribution in [-0.2, 0) is 14.4 Å². The Labute approximate surface area is 184 Å². The van der Waals surface area contributed by atoms with Gasteiger partial charge in [-0.25, -0.2) is 14.4 Å². The predicted octanol–water partition coefficient (Wildman–Crippen LogP) is 4.28. The Morgan fingerprint density at radius 2 is 1.56 bits per heavy atom. The van der Waals surface area contributed by atoms with Crippen LogP contribution in [0.2, 0.25) is 0 Å². The predicted molar refractivity (Wildman–Crippen MR) is 117 cm³/mol. The highest BCUT2D eigenvalue weighted by atomic mass is 19.1. The lowest BCUT2D eigenvalue weighted by atomic mass is 9.90. The molecule has 0 unspecified atom stereocenters. The number of hydrogen-bond donors (Lipinski definition) is 0. The first-order valence-electron chi connectivity index (χ1n) is 10.5. The molecule has 0 aromatic heterocycles. The van der Waals surface area contributed by atoms with Gasteiger partial charge in [-0.05, 0) is 61.0 Å².